The molecular formula is C14H25N3OS. The number of hydrogen-bond donors (Lipinski definition) is 2. The van der Waals surface area contributed by atoms with Crippen molar-refractivity contribution >= 4 is 17.7 Å². The van der Waals surface area contributed by atoms with Crippen molar-refractivity contribution in [3.05, 3.63) is 0 Å². The number of carbonyl (C=O) groups is 1. The number of thioether (sulfide) groups is 1. The minimum absolute atomic E-state index is 0.248. The highest BCUT2D eigenvalue weighted by molar-refractivity contribution is 7.99. The van der Waals surface area contributed by atoms with Gasteiger partial charge in [0.05, 0.1) is 0 Å². The topological polar surface area (TPSA) is 44.4 Å². The van der Waals surface area contributed by atoms with Crippen LogP contribution in [0.25, 0.3) is 0 Å². The maximum atomic E-state index is 12.2. The molecule has 1 amide bonds. The average Bonchev–Trinajstić information content (AvgIpc) is 2.83. The maximum absolute atomic E-state index is 12.2. The lowest BCUT2D eigenvalue weighted by molar-refractivity contribution is -0.122. The molecule has 3 aliphatic rings. The molecule has 3 saturated heterocycles. The third-order valence-electron chi connectivity index (χ3n) is 4.63. The summed E-state index contributed by atoms with van der Waals surface area (Å²) in [6, 6.07) is 1.40. The van der Waals surface area contributed by atoms with Crippen LogP contribution in [0.15, 0.2) is 0 Å². The standard InChI is InChI=1S/C14H25N3OS/c18-14(9-11-10-19-8-5-15-11)16-12-4-7-17-6-2-1-3-13(12)17/h11-13,15H,1-10H2,(H,16,18). The van der Waals surface area contributed by atoms with Gasteiger partial charge in [0, 0.05) is 49.1 Å². The number of rotatable bonds is 3. The van der Waals surface area contributed by atoms with Crippen LogP contribution in [0.3, 0.4) is 0 Å². The van der Waals surface area contributed by atoms with E-state index in [1.165, 1.54) is 38.1 Å². The largest absolute Gasteiger partial charge is 0.352 e. The molecule has 0 aromatic heterocycles. The first-order chi connectivity index (χ1) is 9.33. The molecular weight excluding hydrogens is 258 g/mol. The van der Waals surface area contributed by atoms with Gasteiger partial charge in [-0.25, -0.2) is 0 Å². The van der Waals surface area contributed by atoms with Gasteiger partial charge in [-0.05, 0) is 25.8 Å². The van der Waals surface area contributed by atoms with E-state index in [9.17, 15) is 4.79 Å². The SMILES string of the molecule is O=C(CC1CSCCN1)NC1CCN2CCCCC12. The number of fused-ring (bicyclic) bond motifs is 1. The van der Waals surface area contributed by atoms with Crippen LogP contribution in [-0.2, 0) is 4.79 Å². The summed E-state index contributed by atoms with van der Waals surface area (Å²) in [6.45, 7) is 3.45. The number of carbonyl (C=O) groups excluding carboxylic acids is 1. The third-order valence-corrected chi connectivity index (χ3v) is 5.76. The molecule has 2 N–H and O–H groups in total. The number of nitrogens with zero attached hydrogens (tertiary/aromatic N) is 1. The van der Waals surface area contributed by atoms with E-state index in [1.54, 1.807) is 0 Å². The Labute approximate surface area is 120 Å². The zero-order valence-corrected chi connectivity index (χ0v) is 12.4. The monoisotopic (exact) mass is 283 g/mol. The predicted molar refractivity (Wildman–Crippen MR) is 79.5 cm³/mol. The molecule has 0 aromatic rings. The average molecular weight is 283 g/mol. The van der Waals surface area contributed by atoms with Gasteiger partial charge in [-0.3, -0.25) is 9.69 Å². The van der Waals surface area contributed by atoms with E-state index in [1.807, 2.05) is 11.8 Å². The summed E-state index contributed by atoms with van der Waals surface area (Å²) >= 11 is 1.96. The molecule has 19 heavy (non-hydrogen) atoms. The lowest BCUT2D eigenvalue weighted by Crippen LogP contribution is -2.48. The Morgan fingerprint density at radius 1 is 1.32 bits per heavy atom. The van der Waals surface area contributed by atoms with Crippen molar-refractivity contribution < 1.29 is 4.79 Å². The summed E-state index contributed by atoms with van der Waals surface area (Å²) in [5.74, 6) is 2.50. The molecule has 3 unspecified atom stereocenters. The van der Waals surface area contributed by atoms with Crippen LogP contribution in [0.4, 0.5) is 0 Å². The summed E-state index contributed by atoms with van der Waals surface area (Å²) in [5, 5.41) is 6.73. The molecule has 3 rings (SSSR count). The summed E-state index contributed by atoms with van der Waals surface area (Å²) in [4.78, 5) is 14.7. The van der Waals surface area contributed by atoms with Crippen LogP contribution in [0, 0.1) is 0 Å². The second-order valence-corrected chi connectivity index (χ2v) is 7.14. The lowest BCUT2D eigenvalue weighted by atomic mass is 9.99. The van der Waals surface area contributed by atoms with Gasteiger partial charge in [-0.1, -0.05) is 6.42 Å². The summed E-state index contributed by atoms with van der Waals surface area (Å²) in [5.41, 5.74) is 0. The Morgan fingerprint density at radius 3 is 3.11 bits per heavy atom. The Morgan fingerprint density at radius 2 is 2.26 bits per heavy atom. The van der Waals surface area contributed by atoms with E-state index in [0.29, 0.717) is 24.5 Å². The van der Waals surface area contributed by atoms with Crippen LogP contribution in [0.2, 0.25) is 0 Å². The molecule has 0 saturated carbocycles. The van der Waals surface area contributed by atoms with Crippen molar-refractivity contribution in [2.24, 2.45) is 0 Å². The molecule has 3 aliphatic heterocycles. The van der Waals surface area contributed by atoms with Gasteiger partial charge in [-0.15, -0.1) is 0 Å². The van der Waals surface area contributed by atoms with E-state index in [2.05, 4.69) is 15.5 Å². The molecule has 0 aromatic carbocycles. The molecule has 5 heteroatoms. The fraction of sp³-hybridized carbons (Fsp3) is 0.929. The minimum atomic E-state index is 0.248. The van der Waals surface area contributed by atoms with Gasteiger partial charge in [0.25, 0.3) is 0 Å². The number of hydrogen-bond acceptors (Lipinski definition) is 4. The van der Waals surface area contributed by atoms with Gasteiger partial charge in [-0.2, -0.15) is 11.8 Å². The van der Waals surface area contributed by atoms with Gasteiger partial charge in [0.1, 0.15) is 0 Å². The molecule has 0 bridgehead atoms. The first kappa shape index (κ1) is 13.7. The van der Waals surface area contributed by atoms with Crippen LogP contribution in [-0.4, -0.2) is 60.1 Å². The molecule has 0 radical (unpaired) electrons. The van der Waals surface area contributed by atoms with Crippen molar-refractivity contribution in [1.29, 1.82) is 0 Å². The van der Waals surface area contributed by atoms with Crippen molar-refractivity contribution in [1.82, 2.24) is 15.5 Å². The predicted octanol–water partition coefficient (Wildman–Crippen LogP) is 0.825. The molecule has 0 spiro atoms. The first-order valence-corrected chi connectivity index (χ1v) is 8.83. The van der Waals surface area contributed by atoms with E-state index >= 15 is 0 Å². The highest BCUT2D eigenvalue weighted by Gasteiger charge is 2.36. The molecule has 3 heterocycles. The van der Waals surface area contributed by atoms with Crippen LogP contribution >= 0.6 is 11.8 Å². The fourth-order valence-corrected chi connectivity index (χ4v) is 4.61. The van der Waals surface area contributed by atoms with Gasteiger partial charge < -0.3 is 10.6 Å². The molecule has 3 atom stereocenters. The Kier molecular flexibility index (Phi) is 4.66. The van der Waals surface area contributed by atoms with E-state index < -0.39 is 0 Å². The highest BCUT2D eigenvalue weighted by atomic mass is 32.2. The summed E-state index contributed by atoms with van der Waals surface area (Å²) in [6.07, 6.45) is 5.72. The first-order valence-electron chi connectivity index (χ1n) is 7.67. The molecule has 3 fully saturated rings. The van der Waals surface area contributed by atoms with E-state index in [0.717, 1.165) is 18.7 Å². The van der Waals surface area contributed by atoms with Gasteiger partial charge in [0.15, 0.2) is 0 Å². The van der Waals surface area contributed by atoms with Crippen LogP contribution in [0.5, 0.6) is 0 Å². The number of nitrogens with one attached hydrogen (secondary N) is 2. The quantitative estimate of drug-likeness (QED) is 0.805. The van der Waals surface area contributed by atoms with Crippen LogP contribution in [0.1, 0.15) is 32.1 Å². The molecule has 0 aliphatic carbocycles. The van der Waals surface area contributed by atoms with Gasteiger partial charge >= 0.3 is 0 Å². The second kappa shape index (κ2) is 6.46. The Bertz CT molecular complexity index is 320. The summed E-state index contributed by atoms with van der Waals surface area (Å²) in [7, 11) is 0. The third kappa shape index (κ3) is 3.44. The van der Waals surface area contributed by atoms with Crippen molar-refractivity contribution in [2.45, 2.75) is 50.2 Å². The van der Waals surface area contributed by atoms with Crippen LogP contribution < -0.4 is 10.6 Å². The van der Waals surface area contributed by atoms with Crippen molar-refractivity contribution in [2.75, 3.05) is 31.1 Å². The Hall–Kier alpha value is -0.260. The molecule has 108 valence electrons. The number of piperidine rings is 1. The zero-order chi connectivity index (χ0) is 13.1. The van der Waals surface area contributed by atoms with Crippen molar-refractivity contribution in [3.63, 3.8) is 0 Å². The zero-order valence-electron chi connectivity index (χ0n) is 11.6. The second-order valence-electron chi connectivity index (χ2n) is 5.99. The normalized spacial score (nSPS) is 35.9. The maximum Gasteiger partial charge on any atom is 0.221 e. The van der Waals surface area contributed by atoms with E-state index in [4.69, 9.17) is 0 Å². The minimum Gasteiger partial charge on any atom is -0.352 e. The van der Waals surface area contributed by atoms with Crippen molar-refractivity contribution in [3.8, 4) is 0 Å². The highest BCUT2D eigenvalue weighted by Crippen LogP contribution is 2.27. The summed E-state index contributed by atoms with van der Waals surface area (Å²) < 4.78 is 0. The van der Waals surface area contributed by atoms with E-state index in [-0.39, 0.29) is 5.91 Å². The Balaban J connectivity index is 1.46. The molecule has 4 nitrogen and oxygen atoms in total. The lowest BCUT2D eigenvalue weighted by Gasteiger charge is -2.33. The number of amides is 1. The van der Waals surface area contributed by atoms with Gasteiger partial charge in [0.2, 0.25) is 5.91 Å². The fourth-order valence-electron chi connectivity index (χ4n) is 3.66. The smallest absolute Gasteiger partial charge is 0.221 e.